The molecule has 1 aliphatic heterocycles. The zero-order valence-corrected chi connectivity index (χ0v) is 16.3. The Bertz CT molecular complexity index is 950. The van der Waals surface area contributed by atoms with Crippen molar-refractivity contribution in [3.05, 3.63) is 63.2 Å². The third-order valence-corrected chi connectivity index (χ3v) is 4.90. The van der Waals surface area contributed by atoms with Crippen molar-refractivity contribution in [3.63, 3.8) is 0 Å². The quantitative estimate of drug-likeness (QED) is 0.303. The number of methoxy groups -OCH3 is 1. The average Bonchev–Trinajstić information content (AvgIpc) is 3.25. The maximum absolute atomic E-state index is 12.5. The molecule has 0 aromatic heterocycles. The number of benzene rings is 2. The van der Waals surface area contributed by atoms with Gasteiger partial charge < -0.3 is 14.4 Å². The van der Waals surface area contributed by atoms with Crippen LogP contribution in [0.5, 0.6) is 5.75 Å². The molecule has 0 aliphatic carbocycles. The van der Waals surface area contributed by atoms with Crippen LogP contribution in [0.1, 0.15) is 46.0 Å². The number of nitro groups is 1. The lowest BCUT2D eigenvalue weighted by atomic mass is 10.1. The third kappa shape index (κ3) is 4.53. The van der Waals surface area contributed by atoms with Crippen LogP contribution in [0.25, 0.3) is 0 Å². The van der Waals surface area contributed by atoms with Crippen LogP contribution in [0.3, 0.4) is 0 Å². The summed E-state index contributed by atoms with van der Waals surface area (Å²) in [6.45, 7) is 2.84. The van der Waals surface area contributed by atoms with Crippen molar-refractivity contribution in [1.29, 1.82) is 0 Å². The molecule has 0 amide bonds. The van der Waals surface area contributed by atoms with E-state index in [0.717, 1.165) is 25.9 Å². The van der Waals surface area contributed by atoms with Gasteiger partial charge in [0.25, 0.3) is 5.69 Å². The van der Waals surface area contributed by atoms with Crippen molar-refractivity contribution in [3.8, 4) is 5.75 Å². The van der Waals surface area contributed by atoms with E-state index in [1.807, 2.05) is 4.90 Å². The molecule has 29 heavy (non-hydrogen) atoms. The molecule has 2 aromatic carbocycles. The monoisotopic (exact) mass is 398 g/mol. The molecule has 0 N–H and O–H groups in total. The van der Waals surface area contributed by atoms with Crippen LogP contribution in [0, 0.1) is 10.1 Å². The Morgan fingerprint density at radius 1 is 1.10 bits per heavy atom. The lowest BCUT2D eigenvalue weighted by Gasteiger charge is -2.17. The number of hydrogen-bond acceptors (Lipinski definition) is 7. The number of hydrogen-bond donors (Lipinski definition) is 0. The normalized spacial score (nSPS) is 13.2. The largest absolute Gasteiger partial charge is 0.496 e. The molecule has 0 bridgehead atoms. The van der Waals surface area contributed by atoms with Gasteiger partial charge in [-0.1, -0.05) is 0 Å². The molecular weight excluding hydrogens is 376 g/mol. The second-order valence-corrected chi connectivity index (χ2v) is 6.81. The number of anilines is 1. The van der Waals surface area contributed by atoms with Gasteiger partial charge in [-0.05, 0) is 50.1 Å². The second-order valence-electron chi connectivity index (χ2n) is 6.81. The highest BCUT2D eigenvalue weighted by Gasteiger charge is 2.24. The molecule has 8 heteroatoms. The van der Waals surface area contributed by atoms with Crippen molar-refractivity contribution < 1.29 is 24.0 Å². The predicted molar refractivity (Wildman–Crippen MR) is 107 cm³/mol. The summed E-state index contributed by atoms with van der Waals surface area (Å²) in [5.74, 6) is -0.317. The van der Waals surface area contributed by atoms with E-state index in [9.17, 15) is 19.7 Å². The molecule has 0 radical (unpaired) electrons. The van der Waals surface area contributed by atoms with E-state index in [2.05, 4.69) is 0 Å². The van der Waals surface area contributed by atoms with E-state index < -0.39 is 10.9 Å². The number of carbonyl (C=O) groups is 2. The van der Waals surface area contributed by atoms with E-state index in [-0.39, 0.29) is 23.6 Å². The van der Waals surface area contributed by atoms with Gasteiger partial charge in [0.05, 0.1) is 17.6 Å². The number of esters is 1. The van der Waals surface area contributed by atoms with Crippen molar-refractivity contribution in [2.24, 2.45) is 0 Å². The maximum Gasteiger partial charge on any atom is 0.338 e. The molecular formula is C21H22N2O6. The van der Waals surface area contributed by atoms with E-state index in [0.29, 0.717) is 22.6 Å². The van der Waals surface area contributed by atoms with Gasteiger partial charge >= 0.3 is 5.97 Å². The minimum Gasteiger partial charge on any atom is -0.496 e. The van der Waals surface area contributed by atoms with Crippen molar-refractivity contribution in [2.75, 3.05) is 25.1 Å². The predicted octanol–water partition coefficient (Wildman–Crippen LogP) is 3.76. The van der Waals surface area contributed by atoms with Crippen LogP contribution in [-0.4, -0.2) is 36.9 Å². The van der Waals surface area contributed by atoms with Crippen molar-refractivity contribution in [1.82, 2.24) is 0 Å². The molecule has 1 fully saturated rings. The lowest BCUT2D eigenvalue weighted by molar-refractivity contribution is -0.384. The van der Waals surface area contributed by atoms with Gasteiger partial charge in [0.1, 0.15) is 18.0 Å². The molecule has 8 nitrogen and oxygen atoms in total. The van der Waals surface area contributed by atoms with Crippen LogP contribution in [0.15, 0.2) is 36.4 Å². The van der Waals surface area contributed by atoms with E-state index in [1.165, 1.54) is 26.2 Å². The standard InChI is InChI=1S/C21H22N2O6/c1-14(24)15-6-8-20(28-2)17(11-15)13-29-21(25)16-5-7-18(19(12-16)23(26)27)22-9-3-4-10-22/h5-8,11-12H,3-4,9-10,13H2,1-2H3. The maximum atomic E-state index is 12.5. The number of nitrogens with zero attached hydrogens (tertiary/aromatic N) is 2. The first kappa shape index (κ1) is 20.3. The Labute approximate surface area is 168 Å². The number of nitro benzene ring substituents is 1. The van der Waals surface area contributed by atoms with E-state index >= 15 is 0 Å². The molecule has 0 saturated carbocycles. The first-order valence-corrected chi connectivity index (χ1v) is 9.29. The molecule has 2 aromatic rings. The van der Waals surface area contributed by atoms with Crippen LogP contribution >= 0.6 is 0 Å². The fraction of sp³-hybridized carbons (Fsp3) is 0.333. The Morgan fingerprint density at radius 3 is 2.41 bits per heavy atom. The molecule has 0 spiro atoms. The Kier molecular flexibility index (Phi) is 6.11. The van der Waals surface area contributed by atoms with Crippen molar-refractivity contribution >= 4 is 23.1 Å². The second kappa shape index (κ2) is 8.72. The summed E-state index contributed by atoms with van der Waals surface area (Å²) in [7, 11) is 1.48. The Balaban J connectivity index is 1.79. The topological polar surface area (TPSA) is 99.0 Å². The van der Waals surface area contributed by atoms with E-state index in [1.54, 1.807) is 24.3 Å². The molecule has 0 unspecified atom stereocenters. The summed E-state index contributed by atoms with van der Waals surface area (Å²) in [6, 6.07) is 9.25. The smallest absolute Gasteiger partial charge is 0.338 e. The summed E-state index contributed by atoms with van der Waals surface area (Å²) in [4.78, 5) is 37.0. The summed E-state index contributed by atoms with van der Waals surface area (Å²) in [5.41, 5.74) is 1.51. The van der Waals surface area contributed by atoms with Crippen molar-refractivity contribution in [2.45, 2.75) is 26.4 Å². The number of carbonyl (C=O) groups excluding carboxylic acids is 2. The van der Waals surface area contributed by atoms with Gasteiger partial charge in [-0.25, -0.2) is 4.79 Å². The first-order valence-electron chi connectivity index (χ1n) is 9.29. The highest BCUT2D eigenvalue weighted by molar-refractivity contribution is 5.94. The van der Waals surface area contributed by atoms with Crippen LogP contribution in [0.4, 0.5) is 11.4 Å². The lowest BCUT2D eigenvalue weighted by Crippen LogP contribution is -2.19. The number of ether oxygens (including phenoxy) is 2. The zero-order chi connectivity index (χ0) is 21.0. The van der Waals surface area contributed by atoms with Gasteiger partial charge in [0.2, 0.25) is 0 Å². The van der Waals surface area contributed by atoms with Crippen LogP contribution < -0.4 is 9.64 Å². The summed E-state index contributed by atoms with van der Waals surface area (Å²) >= 11 is 0. The minimum absolute atomic E-state index is 0.0985. The van der Waals surface area contributed by atoms with Crippen LogP contribution in [0.2, 0.25) is 0 Å². The molecule has 3 rings (SSSR count). The van der Waals surface area contributed by atoms with Crippen LogP contribution in [-0.2, 0) is 11.3 Å². The van der Waals surface area contributed by atoms with E-state index in [4.69, 9.17) is 9.47 Å². The molecule has 1 heterocycles. The molecule has 0 atom stereocenters. The number of ketones is 1. The fourth-order valence-electron chi connectivity index (χ4n) is 3.36. The highest BCUT2D eigenvalue weighted by atomic mass is 16.6. The zero-order valence-electron chi connectivity index (χ0n) is 16.3. The SMILES string of the molecule is COc1ccc(C(C)=O)cc1COC(=O)c1ccc(N2CCCC2)c([N+](=O)[O-])c1. The summed E-state index contributed by atoms with van der Waals surface area (Å²) in [5, 5.41) is 11.5. The third-order valence-electron chi connectivity index (χ3n) is 4.90. The van der Waals surface area contributed by atoms with Gasteiger partial charge in [0.15, 0.2) is 5.78 Å². The van der Waals surface area contributed by atoms with Gasteiger partial charge in [-0.3, -0.25) is 14.9 Å². The Hall–Kier alpha value is -3.42. The molecule has 152 valence electrons. The number of rotatable bonds is 7. The molecule has 1 aliphatic rings. The van der Waals surface area contributed by atoms with Gasteiger partial charge in [-0.2, -0.15) is 0 Å². The fourth-order valence-corrected chi connectivity index (χ4v) is 3.36. The minimum atomic E-state index is -0.684. The first-order chi connectivity index (χ1) is 13.9. The van der Waals surface area contributed by atoms with Gasteiger partial charge in [0, 0.05) is 30.3 Å². The molecule has 1 saturated heterocycles. The summed E-state index contributed by atoms with van der Waals surface area (Å²) < 4.78 is 10.6. The highest BCUT2D eigenvalue weighted by Crippen LogP contribution is 2.32. The summed E-state index contributed by atoms with van der Waals surface area (Å²) in [6.07, 6.45) is 1.98. The average molecular weight is 398 g/mol. The van der Waals surface area contributed by atoms with Gasteiger partial charge in [-0.15, -0.1) is 0 Å². The number of Topliss-reactive ketones (excluding diaryl/α,β-unsaturated/α-hetero) is 1. The Morgan fingerprint density at radius 2 is 1.79 bits per heavy atom.